The van der Waals surface area contributed by atoms with Crippen LogP contribution in [0.2, 0.25) is 0 Å². The molecule has 0 saturated carbocycles. The Morgan fingerprint density at radius 2 is 2.05 bits per heavy atom. The summed E-state index contributed by atoms with van der Waals surface area (Å²) in [5.74, 6) is -0.275. The van der Waals surface area contributed by atoms with E-state index in [0.29, 0.717) is 12.1 Å². The van der Waals surface area contributed by atoms with E-state index in [2.05, 4.69) is 21.2 Å². The number of sulfone groups is 1. The molecule has 112 valence electrons. The minimum absolute atomic E-state index is 0.150. The molecule has 0 spiro atoms. The Bertz CT molecular complexity index is 781. The third-order valence-electron chi connectivity index (χ3n) is 2.93. The quantitative estimate of drug-likeness (QED) is 0.875. The summed E-state index contributed by atoms with van der Waals surface area (Å²) >= 11 is 4.90. The predicted molar refractivity (Wildman–Crippen MR) is 87.5 cm³/mol. The number of carbonyl (C=O) groups excluding carboxylic acids is 1. The summed E-state index contributed by atoms with van der Waals surface area (Å²) in [7, 11) is -3.32. The van der Waals surface area contributed by atoms with Gasteiger partial charge in [0.1, 0.15) is 0 Å². The second kappa shape index (κ2) is 6.29. The topological polar surface area (TPSA) is 63.2 Å². The lowest BCUT2D eigenvalue weighted by atomic mass is 10.1. The van der Waals surface area contributed by atoms with Gasteiger partial charge in [-0.05, 0) is 46.6 Å². The molecule has 0 unspecified atom stereocenters. The van der Waals surface area contributed by atoms with Gasteiger partial charge in [0.15, 0.2) is 9.84 Å². The molecule has 1 heterocycles. The number of benzene rings is 1. The van der Waals surface area contributed by atoms with Crippen LogP contribution in [0, 0.1) is 6.92 Å². The molecular weight excluding hydrogens is 374 g/mol. The highest BCUT2D eigenvalue weighted by Crippen LogP contribution is 2.20. The molecule has 7 heteroatoms. The largest absolute Gasteiger partial charge is 0.347 e. The maximum Gasteiger partial charge on any atom is 0.251 e. The molecule has 2 rings (SSSR count). The summed E-state index contributed by atoms with van der Waals surface area (Å²) < 4.78 is 24.1. The van der Waals surface area contributed by atoms with Crippen molar-refractivity contribution in [1.82, 2.24) is 5.32 Å². The lowest BCUT2D eigenvalue weighted by molar-refractivity contribution is 0.0950. The summed E-state index contributed by atoms with van der Waals surface area (Å²) in [6.45, 7) is 2.19. The van der Waals surface area contributed by atoms with Gasteiger partial charge in [0.25, 0.3) is 5.91 Å². The zero-order valence-corrected chi connectivity index (χ0v) is 14.7. The van der Waals surface area contributed by atoms with Crippen LogP contribution in [0.5, 0.6) is 0 Å². The van der Waals surface area contributed by atoms with Crippen LogP contribution in [0.1, 0.15) is 20.8 Å². The second-order valence-corrected chi connectivity index (χ2v) is 8.59. The van der Waals surface area contributed by atoms with Gasteiger partial charge in [0, 0.05) is 26.5 Å². The highest BCUT2D eigenvalue weighted by Gasteiger charge is 2.14. The van der Waals surface area contributed by atoms with Gasteiger partial charge in [0.2, 0.25) is 0 Å². The van der Waals surface area contributed by atoms with E-state index in [1.165, 1.54) is 12.1 Å². The molecule has 1 amide bonds. The van der Waals surface area contributed by atoms with Crippen molar-refractivity contribution < 1.29 is 13.2 Å². The van der Waals surface area contributed by atoms with Crippen molar-refractivity contribution in [3.8, 4) is 0 Å². The van der Waals surface area contributed by atoms with Gasteiger partial charge in [-0.25, -0.2) is 8.42 Å². The van der Waals surface area contributed by atoms with E-state index in [4.69, 9.17) is 0 Å². The normalized spacial score (nSPS) is 11.4. The van der Waals surface area contributed by atoms with Crippen molar-refractivity contribution in [2.24, 2.45) is 0 Å². The van der Waals surface area contributed by atoms with Crippen LogP contribution >= 0.6 is 27.3 Å². The fourth-order valence-corrected chi connectivity index (χ4v) is 3.82. The Kier molecular flexibility index (Phi) is 4.85. The van der Waals surface area contributed by atoms with E-state index < -0.39 is 9.84 Å². The van der Waals surface area contributed by atoms with Gasteiger partial charge in [-0.1, -0.05) is 6.07 Å². The lowest BCUT2D eigenvalue weighted by Crippen LogP contribution is -2.23. The van der Waals surface area contributed by atoms with Gasteiger partial charge in [-0.15, -0.1) is 11.3 Å². The van der Waals surface area contributed by atoms with Crippen LogP contribution in [-0.2, 0) is 16.4 Å². The standard InChI is InChI=1S/C14H14BrNO3S2/c1-9-3-4-12(21(2,18)19)6-13(9)14(17)16-7-11-5-10(15)8-20-11/h3-6,8H,7H2,1-2H3,(H,16,17). The molecule has 4 nitrogen and oxygen atoms in total. The van der Waals surface area contributed by atoms with E-state index in [1.54, 1.807) is 24.3 Å². The van der Waals surface area contributed by atoms with Crippen LogP contribution in [0.3, 0.4) is 0 Å². The molecule has 0 atom stereocenters. The Labute approximate surface area is 136 Å². The minimum Gasteiger partial charge on any atom is -0.347 e. The Morgan fingerprint density at radius 3 is 2.62 bits per heavy atom. The van der Waals surface area contributed by atoms with E-state index in [1.807, 2.05) is 11.4 Å². The molecule has 0 bridgehead atoms. The highest BCUT2D eigenvalue weighted by molar-refractivity contribution is 9.10. The first-order valence-electron chi connectivity index (χ1n) is 6.09. The number of rotatable bonds is 4. The van der Waals surface area contributed by atoms with Crippen LogP contribution in [0.15, 0.2) is 39.0 Å². The van der Waals surface area contributed by atoms with Crippen molar-refractivity contribution in [3.63, 3.8) is 0 Å². The summed E-state index contributed by atoms with van der Waals surface area (Å²) in [4.78, 5) is 13.4. The number of thiophene rings is 1. The molecular formula is C14H14BrNO3S2. The number of nitrogens with one attached hydrogen (secondary N) is 1. The number of aryl methyl sites for hydroxylation is 1. The lowest BCUT2D eigenvalue weighted by Gasteiger charge is -2.08. The molecule has 0 saturated heterocycles. The van der Waals surface area contributed by atoms with Crippen molar-refractivity contribution in [2.75, 3.05) is 6.26 Å². The molecule has 1 N–H and O–H groups in total. The van der Waals surface area contributed by atoms with Gasteiger partial charge in [0.05, 0.1) is 11.4 Å². The van der Waals surface area contributed by atoms with E-state index in [-0.39, 0.29) is 10.8 Å². The number of hydrogen-bond acceptors (Lipinski definition) is 4. The monoisotopic (exact) mass is 387 g/mol. The van der Waals surface area contributed by atoms with Crippen LogP contribution in [-0.4, -0.2) is 20.6 Å². The van der Waals surface area contributed by atoms with Crippen molar-refractivity contribution >= 4 is 43.0 Å². The highest BCUT2D eigenvalue weighted by atomic mass is 79.9. The zero-order chi connectivity index (χ0) is 15.6. The predicted octanol–water partition coefficient (Wildman–Crippen LogP) is 3.15. The van der Waals surface area contributed by atoms with Crippen molar-refractivity contribution in [2.45, 2.75) is 18.4 Å². The SMILES string of the molecule is Cc1ccc(S(C)(=O)=O)cc1C(=O)NCc1cc(Br)cs1. The Balaban J connectivity index is 2.18. The molecule has 1 aromatic heterocycles. The molecule has 2 aromatic rings. The maximum absolute atomic E-state index is 12.2. The first-order valence-corrected chi connectivity index (χ1v) is 9.65. The maximum atomic E-state index is 12.2. The number of halogens is 1. The molecule has 0 aliphatic rings. The van der Waals surface area contributed by atoms with E-state index >= 15 is 0 Å². The number of hydrogen-bond donors (Lipinski definition) is 1. The fourth-order valence-electron chi connectivity index (χ4n) is 1.79. The van der Waals surface area contributed by atoms with Crippen LogP contribution < -0.4 is 5.32 Å². The zero-order valence-electron chi connectivity index (χ0n) is 11.5. The van der Waals surface area contributed by atoms with Crippen LogP contribution in [0.4, 0.5) is 0 Å². The second-order valence-electron chi connectivity index (χ2n) is 4.66. The summed E-state index contributed by atoms with van der Waals surface area (Å²) in [6, 6.07) is 6.51. The van der Waals surface area contributed by atoms with Gasteiger partial charge in [-0.2, -0.15) is 0 Å². The molecule has 21 heavy (non-hydrogen) atoms. The summed E-state index contributed by atoms with van der Waals surface area (Å²) in [5.41, 5.74) is 1.13. The third-order valence-corrected chi connectivity index (χ3v) is 5.73. The average molecular weight is 388 g/mol. The first-order chi connectivity index (χ1) is 9.77. The molecule has 1 aromatic carbocycles. The van der Waals surface area contributed by atoms with Gasteiger partial charge < -0.3 is 5.32 Å². The van der Waals surface area contributed by atoms with Gasteiger partial charge >= 0.3 is 0 Å². The summed E-state index contributed by atoms with van der Waals surface area (Å²) in [5, 5.41) is 4.75. The van der Waals surface area contributed by atoms with Crippen LogP contribution in [0.25, 0.3) is 0 Å². The molecule has 0 aliphatic carbocycles. The van der Waals surface area contributed by atoms with E-state index in [0.717, 1.165) is 21.2 Å². The molecule has 0 radical (unpaired) electrons. The number of carbonyl (C=O) groups is 1. The van der Waals surface area contributed by atoms with Crippen molar-refractivity contribution in [3.05, 3.63) is 50.1 Å². The van der Waals surface area contributed by atoms with Gasteiger partial charge in [-0.3, -0.25) is 4.79 Å². The average Bonchev–Trinajstić information content (AvgIpc) is 2.81. The summed E-state index contributed by atoms with van der Waals surface area (Å²) in [6.07, 6.45) is 1.13. The Hall–Kier alpha value is -1.18. The molecule has 0 fully saturated rings. The number of amides is 1. The van der Waals surface area contributed by atoms with Crippen molar-refractivity contribution in [1.29, 1.82) is 0 Å². The molecule has 0 aliphatic heterocycles. The smallest absolute Gasteiger partial charge is 0.251 e. The Morgan fingerprint density at radius 1 is 1.33 bits per heavy atom. The minimum atomic E-state index is -3.32. The fraction of sp³-hybridized carbons (Fsp3) is 0.214. The first kappa shape index (κ1) is 16.2. The third kappa shape index (κ3) is 4.15. The van der Waals surface area contributed by atoms with E-state index in [9.17, 15) is 13.2 Å².